The van der Waals surface area contributed by atoms with Crippen LogP contribution in [0.5, 0.6) is 0 Å². The number of piperazine rings is 1. The molecule has 1 aliphatic heterocycles. The molecule has 9 heteroatoms. The molecule has 0 atom stereocenters. The lowest BCUT2D eigenvalue weighted by Crippen LogP contribution is -2.49. The normalized spacial score (nSPS) is 13.8. The molecule has 1 fully saturated rings. The van der Waals surface area contributed by atoms with Gasteiger partial charge in [-0.15, -0.1) is 11.8 Å². The summed E-state index contributed by atoms with van der Waals surface area (Å²) in [6.45, 7) is 5.04. The molecule has 1 aromatic carbocycles. The lowest BCUT2D eigenvalue weighted by atomic mass is 10.3. The summed E-state index contributed by atoms with van der Waals surface area (Å²) in [6.07, 6.45) is 3.71. The van der Waals surface area contributed by atoms with Crippen LogP contribution in [0, 0.1) is 0 Å². The lowest BCUT2D eigenvalue weighted by Gasteiger charge is -2.34. The van der Waals surface area contributed by atoms with Crippen molar-refractivity contribution in [2.45, 2.75) is 18.2 Å². The Balaban J connectivity index is 1.38. The molecule has 3 amide bonds. The minimum Gasteiger partial charge on any atom is -0.339 e. The van der Waals surface area contributed by atoms with Crippen LogP contribution in [-0.4, -0.2) is 65.3 Å². The molecule has 3 rings (SSSR count). The number of anilines is 2. The van der Waals surface area contributed by atoms with Gasteiger partial charge in [0.2, 0.25) is 11.9 Å². The van der Waals surface area contributed by atoms with Gasteiger partial charge in [-0.1, -0.05) is 19.1 Å². The van der Waals surface area contributed by atoms with Crippen molar-refractivity contribution in [3.63, 3.8) is 0 Å². The highest BCUT2D eigenvalue weighted by molar-refractivity contribution is 7.99. The van der Waals surface area contributed by atoms with Crippen molar-refractivity contribution in [3.8, 4) is 0 Å². The third-order valence-electron chi connectivity index (χ3n) is 4.53. The van der Waals surface area contributed by atoms with E-state index in [9.17, 15) is 9.59 Å². The van der Waals surface area contributed by atoms with Crippen LogP contribution in [0.25, 0.3) is 0 Å². The molecule has 2 N–H and O–H groups in total. The number of amides is 3. The molecular weight excluding hydrogens is 388 g/mol. The first-order chi connectivity index (χ1) is 14.2. The van der Waals surface area contributed by atoms with Crippen LogP contribution < -0.4 is 15.5 Å². The predicted molar refractivity (Wildman–Crippen MR) is 115 cm³/mol. The average Bonchev–Trinajstić information content (AvgIpc) is 2.76. The van der Waals surface area contributed by atoms with E-state index in [0.29, 0.717) is 38.7 Å². The van der Waals surface area contributed by atoms with Gasteiger partial charge in [-0.25, -0.2) is 14.8 Å². The first kappa shape index (κ1) is 20.9. The van der Waals surface area contributed by atoms with E-state index < -0.39 is 0 Å². The Hall–Kier alpha value is -2.81. The number of aromatic nitrogens is 2. The Morgan fingerprint density at radius 3 is 2.52 bits per heavy atom. The minimum absolute atomic E-state index is 0.0425. The molecule has 0 unspecified atom stereocenters. The third kappa shape index (κ3) is 6.08. The maximum Gasteiger partial charge on any atom is 0.319 e. The molecule has 8 nitrogen and oxygen atoms in total. The van der Waals surface area contributed by atoms with Crippen LogP contribution in [0.4, 0.5) is 16.4 Å². The van der Waals surface area contributed by atoms with E-state index in [1.807, 2.05) is 29.2 Å². The van der Waals surface area contributed by atoms with E-state index in [4.69, 9.17) is 0 Å². The van der Waals surface area contributed by atoms with Crippen LogP contribution in [0.3, 0.4) is 0 Å². The summed E-state index contributed by atoms with van der Waals surface area (Å²) < 4.78 is 0. The largest absolute Gasteiger partial charge is 0.339 e. The molecule has 1 aliphatic rings. The van der Waals surface area contributed by atoms with E-state index in [2.05, 4.69) is 32.4 Å². The third-order valence-corrected chi connectivity index (χ3v) is 5.48. The number of nitrogens with zero attached hydrogens (tertiary/aromatic N) is 4. The van der Waals surface area contributed by atoms with Crippen molar-refractivity contribution in [1.29, 1.82) is 0 Å². The van der Waals surface area contributed by atoms with Crippen LogP contribution >= 0.6 is 11.8 Å². The van der Waals surface area contributed by atoms with Crippen LogP contribution in [-0.2, 0) is 4.79 Å². The molecule has 0 radical (unpaired) electrons. The molecular formula is C20H26N6O2S. The molecule has 29 heavy (non-hydrogen) atoms. The SMILES string of the molecule is CCSc1ccccc1NC(=O)NCCC(=O)N1CCN(c2ncccn2)CC1. The molecule has 0 bridgehead atoms. The molecule has 1 aromatic heterocycles. The van der Waals surface area contributed by atoms with Gasteiger partial charge in [0.25, 0.3) is 0 Å². The van der Waals surface area contributed by atoms with Gasteiger partial charge in [-0.2, -0.15) is 0 Å². The van der Waals surface area contributed by atoms with Crippen LogP contribution in [0.15, 0.2) is 47.6 Å². The number of hydrogen-bond acceptors (Lipinski definition) is 6. The summed E-state index contributed by atoms with van der Waals surface area (Å²) >= 11 is 1.67. The van der Waals surface area contributed by atoms with E-state index in [-0.39, 0.29) is 18.4 Å². The zero-order valence-electron chi connectivity index (χ0n) is 16.5. The number of benzene rings is 1. The summed E-state index contributed by atoms with van der Waals surface area (Å²) in [5.41, 5.74) is 0.780. The number of hydrogen-bond donors (Lipinski definition) is 2. The van der Waals surface area contributed by atoms with Crippen molar-refractivity contribution >= 4 is 35.3 Å². The average molecular weight is 415 g/mol. The minimum atomic E-state index is -0.298. The van der Waals surface area contributed by atoms with Crippen molar-refractivity contribution in [1.82, 2.24) is 20.2 Å². The highest BCUT2D eigenvalue weighted by Gasteiger charge is 2.22. The standard InChI is InChI=1S/C20H26N6O2S/c1-2-29-17-7-4-3-6-16(17)24-20(28)23-11-8-18(27)25-12-14-26(15-13-25)19-21-9-5-10-22-19/h3-7,9-10H,2,8,11-15H2,1H3,(H2,23,24,28). The predicted octanol–water partition coefficient (Wildman–Crippen LogP) is 2.45. The zero-order chi connectivity index (χ0) is 20.5. The summed E-state index contributed by atoms with van der Waals surface area (Å²) in [4.78, 5) is 38.0. The summed E-state index contributed by atoms with van der Waals surface area (Å²) in [6, 6.07) is 9.18. The number of thioether (sulfide) groups is 1. The van der Waals surface area contributed by atoms with Crippen molar-refractivity contribution in [2.24, 2.45) is 0 Å². The van der Waals surface area contributed by atoms with Gasteiger partial charge in [-0.05, 0) is 24.0 Å². The maximum absolute atomic E-state index is 12.4. The van der Waals surface area contributed by atoms with Gasteiger partial charge in [0, 0.05) is 56.4 Å². The smallest absolute Gasteiger partial charge is 0.319 e. The first-order valence-electron chi connectivity index (χ1n) is 9.74. The van der Waals surface area contributed by atoms with Crippen molar-refractivity contribution in [2.75, 3.05) is 48.7 Å². The van der Waals surface area contributed by atoms with Crippen LogP contribution in [0.2, 0.25) is 0 Å². The fourth-order valence-corrected chi connectivity index (χ4v) is 3.83. The van der Waals surface area contributed by atoms with Crippen molar-refractivity contribution in [3.05, 3.63) is 42.7 Å². The fourth-order valence-electron chi connectivity index (χ4n) is 3.07. The number of rotatable bonds is 7. The van der Waals surface area contributed by atoms with Gasteiger partial charge in [0.15, 0.2) is 0 Å². The zero-order valence-corrected chi connectivity index (χ0v) is 17.3. The number of nitrogens with one attached hydrogen (secondary N) is 2. The molecule has 0 spiro atoms. The Morgan fingerprint density at radius 1 is 1.07 bits per heavy atom. The van der Waals surface area contributed by atoms with E-state index in [0.717, 1.165) is 16.3 Å². The van der Waals surface area contributed by atoms with Gasteiger partial charge in [-0.3, -0.25) is 4.79 Å². The highest BCUT2D eigenvalue weighted by Crippen LogP contribution is 2.26. The molecule has 0 saturated carbocycles. The number of urea groups is 1. The second-order valence-corrected chi connectivity index (χ2v) is 7.78. The van der Waals surface area contributed by atoms with Gasteiger partial charge < -0.3 is 20.4 Å². The second kappa shape index (κ2) is 10.7. The lowest BCUT2D eigenvalue weighted by molar-refractivity contribution is -0.131. The van der Waals surface area contributed by atoms with Gasteiger partial charge in [0.1, 0.15) is 0 Å². The van der Waals surface area contributed by atoms with Gasteiger partial charge in [0.05, 0.1) is 5.69 Å². The van der Waals surface area contributed by atoms with E-state index >= 15 is 0 Å². The summed E-state index contributed by atoms with van der Waals surface area (Å²) in [7, 11) is 0. The maximum atomic E-state index is 12.4. The number of carbonyl (C=O) groups excluding carboxylic acids is 2. The first-order valence-corrected chi connectivity index (χ1v) is 10.7. The summed E-state index contributed by atoms with van der Waals surface area (Å²) in [5.74, 6) is 1.67. The topological polar surface area (TPSA) is 90.5 Å². The van der Waals surface area contributed by atoms with Crippen LogP contribution in [0.1, 0.15) is 13.3 Å². The monoisotopic (exact) mass is 414 g/mol. The van der Waals surface area contributed by atoms with E-state index in [1.165, 1.54) is 0 Å². The van der Waals surface area contributed by atoms with Crippen molar-refractivity contribution < 1.29 is 9.59 Å². The quantitative estimate of drug-likeness (QED) is 0.677. The molecule has 154 valence electrons. The summed E-state index contributed by atoms with van der Waals surface area (Å²) in [5, 5.41) is 5.62. The van der Waals surface area contributed by atoms with Gasteiger partial charge >= 0.3 is 6.03 Å². The number of para-hydroxylation sites is 1. The Labute approximate surface area is 175 Å². The van der Waals surface area contributed by atoms with E-state index in [1.54, 1.807) is 30.2 Å². The molecule has 1 saturated heterocycles. The fraction of sp³-hybridized carbons (Fsp3) is 0.400. The highest BCUT2D eigenvalue weighted by atomic mass is 32.2. The Morgan fingerprint density at radius 2 is 1.79 bits per heavy atom. The molecule has 0 aliphatic carbocycles. The molecule has 2 aromatic rings. The Kier molecular flexibility index (Phi) is 7.69. The second-order valence-electron chi connectivity index (χ2n) is 6.48. The molecule has 2 heterocycles. The number of carbonyl (C=O) groups is 2. The Bertz CT molecular complexity index is 812.